The maximum absolute atomic E-state index is 14.6. The maximum Gasteiger partial charge on any atom is 0.472 e. The zero-order chi connectivity index (χ0) is 27.2. The standard InChI is InChI=1S/C22H26F2N3O9P/c1-12(2)36-37(30,31)32-11-14-10-22(23,24)19(33-14)27-8-7-17(26-20(27)29)25-18(28)13-5-6-15-16(9-13)35-21(3,4)34-15/h5-9,12,14,19H,10-11H2,1-4H3,(H,30,31)(H,25,26,28,29)/t14-,19?/m0/s1. The number of phosphoric acid groups is 1. The van der Waals surface area contributed by atoms with E-state index in [2.05, 4.69) is 10.3 Å². The maximum atomic E-state index is 14.6. The van der Waals surface area contributed by atoms with E-state index in [-0.39, 0.29) is 11.4 Å². The SMILES string of the molecule is CC(C)OP(=O)(O)OC[C@@H]1CC(F)(F)C(n2ccc(NC(=O)c3ccc4c(c3)OC(C)(C)O4)nc2=O)O1. The molecule has 2 aliphatic heterocycles. The van der Waals surface area contributed by atoms with E-state index in [1.165, 1.54) is 26.0 Å². The number of aromatic nitrogens is 2. The van der Waals surface area contributed by atoms with Crippen LogP contribution in [0.4, 0.5) is 14.6 Å². The number of hydrogen-bond acceptors (Lipinski definition) is 9. The number of fused-ring (bicyclic) bond motifs is 1. The number of benzene rings is 1. The lowest BCUT2D eigenvalue weighted by molar-refractivity contribution is -0.120. The van der Waals surface area contributed by atoms with Crippen LogP contribution in [0.1, 0.15) is 50.7 Å². The van der Waals surface area contributed by atoms with Crippen LogP contribution in [0, 0.1) is 0 Å². The van der Waals surface area contributed by atoms with Crippen molar-refractivity contribution in [2.75, 3.05) is 11.9 Å². The average Bonchev–Trinajstić information content (AvgIpc) is 3.24. The summed E-state index contributed by atoms with van der Waals surface area (Å²) >= 11 is 0. The van der Waals surface area contributed by atoms with Gasteiger partial charge in [-0.1, -0.05) is 0 Å². The van der Waals surface area contributed by atoms with Gasteiger partial charge in [-0.3, -0.25) is 18.4 Å². The molecular weight excluding hydrogens is 519 g/mol. The van der Waals surface area contributed by atoms with Crippen molar-refractivity contribution < 1.29 is 46.3 Å². The van der Waals surface area contributed by atoms with Gasteiger partial charge in [-0.15, -0.1) is 0 Å². The number of phosphoric ester groups is 1. The number of anilines is 1. The third kappa shape index (κ3) is 6.33. The lowest BCUT2D eigenvalue weighted by Gasteiger charge is -2.20. The Morgan fingerprint density at radius 1 is 1.30 bits per heavy atom. The summed E-state index contributed by atoms with van der Waals surface area (Å²) in [6.07, 6.45) is -3.82. The van der Waals surface area contributed by atoms with Gasteiger partial charge in [0.15, 0.2) is 11.5 Å². The molecule has 2 aliphatic rings. The van der Waals surface area contributed by atoms with E-state index < -0.39 is 62.6 Å². The van der Waals surface area contributed by atoms with Crippen LogP contribution < -0.4 is 20.5 Å². The Morgan fingerprint density at radius 3 is 2.68 bits per heavy atom. The van der Waals surface area contributed by atoms with E-state index in [4.69, 9.17) is 23.3 Å². The van der Waals surface area contributed by atoms with E-state index in [1.54, 1.807) is 19.9 Å². The summed E-state index contributed by atoms with van der Waals surface area (Å²) in [4.78, 5) is 38.4. The number of alkyl halides is 2. The first kappa shape index (κ1) is 27.1. The third-order valence-electron chi connectivity index (χ3n) is 5.19. The summed E-state index contributed by atoms with van der Waals surface area (Å²) in [6, 6.07) is 5.69. The fourth-order valence-corrected chi connectivity index (χ4v) is 4.74. The molecule has 0 radical (unpaired) electrons. The summed E-state index contributed by atoms with van der Waals surface area (Å²) in [5.41, 5.74) is -0.908. The van der Waals surface area contributed by atoms with E-state index >= 15 is 0 Å². The number of halogens is 2. The quantitative estimate of drug-likeness (QED) is 0.473. The molecule has 0 bridgehead atoms. The summed E-state index contributed by atoms with van der Waals surface area (Å²) in [7, 11) is -4.46. The number of hydrogen-bond donors (Lipinski definition) is 2. The van der Waals surface area contributed by atoms with Crippen molar-refractivity contribution in [3.63, 3.8) is 0 Å². The molecule has 4 rings (SSSR count). The van der Waals surface area contributed by atoms with Gasteiger partial charge in [0.25, 0.3) is 11.8 Å². The summed E-state index contributed by atoms with van der Waals surface area (Å²) in [5, 5.41) is 2.43. The van der Waals surface area contributed by atoms with Crippen LogP contribution in [0.5, 0.6) is 11.5 Å². The molecule has 15 heteroatoms. The Bertz CT molecular complexity index is 1300. The Morgan fingerprint density at radius 2 is 2.00 bits per heavy atom. The van der Waals surface area contributed by atoms with Gasteiger partial charge in [0.05, 0.1) is 18.8 Å². The molecule has 3 atom stereocenters. The molecule has 3 heterocycles. The van der Waals surface area contributed by atoms with Crippen molar-refractivity contribution in [2.24, 2.45) is 0 Å². The number of carbonyl (C=O) groups excluding carboxylic acids is 1. The lowest BCUT2D eigenvalue weighted by atomic mass is 10.2. The molecule has 1 amide bonds. The Kier molecular flexibility index (Phi) is 7.16. The highest BCUT2D eigenvalue weighted by atomic mass is 31.2. The molecule has 0 saturated carbocycles. The molecular formula is C22H26F2N3O9P. The van der Waals surface area contributed by atoms with Crippen LogP contribution in [-0.4, -0.2) is 50.9 Å². The van der Waals surface area contributed by atoms with Crippen molar-refractivity contribution in [3.05, 3.63) is 46.5 Å². The van der Waals surface area contributed by atoms with Gasteiger partial charge in [0, 0.05) is 32.0 Å². The van der Waals surface area contributed by atoms with Crippen LogP contribution in [0.15, 0.2) is 35.3 Å². The monoisotopic (exact) mass is 545 g/mol. The molecule has 1 aromatic heterocycles. The smallest absolute Gasteiger partial charge is 0.449 e. The second kappa shape index (κ2) is 9.76. The van der Waals surface area contributed by atoms with Crippen LogP contribution >= 0.6 is 7.82 Å². The van der Waals surface area contributed by atoms with E-state index in [9.17, 15) is 27.8 Å². The molecule has 202 valence electrons. The highest BCUT2D eigenvalue weighted by molar-refractivity contribution is 7.47. The fourth-order valence-electron chi connectivity index (χ4n) is 3.79. The molecule has 0 spiro atoms. The fraction of sp³-hybridized carbons (Fsp3) is 0.500. The molecule has 1 saturated heterocycles. The molecule has 37 heavy (non-hydrogen) atoms. The van der Waals surface area contributed by atoms with Crippen molar-refractivity contribution >= 4 is 19.5 Å². The van der Waals surface area contributed by atoms with Gasteiger partial charge in [-0.2, -0.15) is 4.98 Å². The lowest BCUT2D eigenvalue weighted by Crippen LogP contribution is -2.35. The first-order valence-electron chi connectivity index (χ1n) is 11.3. The van der Waals surface area contributed by atoms with Crippen molar-refractivity contribution in [1.29, 1.82) is 0 Å². The van der Waals surface area contributed by atoms with E-state index in [0.717, 1.165) is 12.3 Å². The number of nitrogens with zero attached hydrogens (tertiary/aromatic N) is 2. The summed E-state index contributed by atoms with van der Waals surface area (Å²) in [6.45, 7) is 5.78. The Hall–Kier alpha value is -2.90. The van der Waals surface area contributed by atoms with Crippen molar-refractivity contribution in [2.45, 2.75) is 64.3 Å². The summed E-state index contributed by atoms with van der Waals surface area (Å²) < 4.78 is 67.5. The van der Waals surface area contributed by atoms with Crippen molar-refractivity contribution in [3.8, 4) is 11.5 Å². The highest BCUT2D eigenvalue weighted by Crippen LogP contribution is 2.47. The minimum absolute atomic E-state index is 0.169. The Balaban J connectivity index is 1.42. The predicted octanol–water partition coefficient (Wildman–Crippen LogP) is 3.47. The number of rotatable bonds is 8. The number of ether oxygens (including phenoxy) is 3. The molecule has 2 unspecified atom stereocenters. The predicted molar refractivity (Wildman–Crippen MR) is 124 cm³/mol. The van der Waals surface area contributed by atoms with Crippen molar-refractivity contribution in [1.82, 2.24) is 9.55 Å². The normalized spacial score (nSPS) is 23.1. The third-order valence-corrected chi connectivity index (χ3v) is 6.36. The van der Waals surface area contributed by atoms with Gasteiger partial charge >= 0.3 is 13.5 Å². The number of carbonyl (C=O) groups is 1. The first-order chi connectivity index (χ1) is 17.1. The Labute approximate surface area is 210 Å². The van der Waals surface area contributed by atoms with Gasteiger partial charge < -0.3 is 24.4 Å². The molecule has 1 fully saturated rings. The largest absolute Gasteiger partial charge is 0.472 e. The highest BCUT2D eigenvalue weighted by Gasteiger charge is 2.52. The van der Waals surface area contributed by atoms with Crippen LogP contribution in [-0.2, 0) is 18.3 Å². The zero-order valence-corrected chi connectivity index (χ0v) is 21.2. The van der Waals surface area contributed by atoms with Gasteiger partial charge in [-0.25, -0.2) is 18.1 Å². The molecule has 1 aromatic carbocycles. The van der Waals surface area contributed by atoms with E-state index in [0.29, 0.717) is 16.1 Å². The molecule has 12 nitrogen and oxygen atoms in total. The topological polar surface area (TPSA) is 147 Å². The van der Waals surface area contributed by atoms with Gasteiger partial charge in [0.2, 0.25) is 12.0 Å². The molecule has 0 aliphatic carbocycles. The summed E-state index contributed by atoms with van der Waals surface area (Å²) in [5.74, 6) is -4.33. The first-order valence-corrected chi connectivity index (χ1v) is 12.8. The van der Waals surface area contributed by atoms with Crippen LogP contribution in [0.25, 0.3) is 0 Å². The van der Waals surface area contributed by atoms with Crippen LogP contribution in [0.2, 0.25) is 0 Å². The number of nitrogens with one attached hydrogen (secondary N) is 1. The second-order valence-corrected chi connectivity index (χ2v) is 10.6. The van der Waals surface area contributed by atoms with E-state index in [1.807, 2.05) is 0 Å². The zero-order valence-electron chi connectivity index (χ0n) is 20.3. The van der Waals surface area contributed by atoms with Gasteiger partial charge in [0.1, 0.15) is 5.82 Å². The van der Waals surface area contributed by atoms with Crippen LogP contribution in [0.3, 0.4) is 0 Å². The minimum atomic E-state index is -4.46. The minimum Gasteiger partial charge on any atom is -0.449 e. The molecule has 2 N–H and O–H groups in total. The second-order valence-electron chi connectivity index (χ2n) is 9.22. The number of amides is 1. The average molecular weight is 545 g/mol. The molecule has 2 aromatic rings. The van der Waals surface area contributed by atoms with Gasteiger partial charge in [-0.05, 0) is 38.1 Å².